The molecule has 0 unspecified atom stereocenters. The number of carboxylic acids is 1. The minimum absolute atomic E-state index is 0.0336. The topological polar surface area (TPSA) is 111 Å². The summed E-state index contributed by atoms with van der Waals surface area (Å²) in [4.78, 5) is 24.9. The Morgan fingerprint density at radius 1 is 1.38 bits per heavy atom. The maximum absolute atomic E-state index is 11.1. The lowest BCUT2D eigenvalue weighted by Crippen LogP contribution is -2.48. The van der Waals surface area contributed by atoms with Crippen LogP contribution >= 0.6 is 0 Å². The molecule has 0 amide bonds. The van der Waals surface area contributed by atoms with E-state index in [0.29, 0.717) is 37.4 Å². The smallest absolute Gasteiger partial charge is 0.317 e. The van der Waals surface area contributed by atoms with E-state index in [1.165, 1.54) is 18.2 Å². The van der Waals surface area contributed by atoms with Gasteiger partial charge in [0.05, 0.1) is 23.1 Å². The number of hydrogen-bond acceptors (Lipinski definition) is 6. The summed E-state index contributed by atoms with van der Waals surface area (Å²) < 4.78 is 0. The third-order valence-corrected chi connectivity index (χ3v) is 3.37. The van der Waals surface area contributed by atoms with Crippen molar-refractivity contribution in [3.63, 3.8) is 0 Å². The largest absolute Gasteiger partial charge is 0.480 e. The highest BCUT2D eigenvalue weighted by molar-refractivity contribution is 5.69. The summed E-state index contributed by atoms with van der Waals surface area (Å²) in [7, 11) is 0. The Balaban J connectivity index is 2.17. The van der Waals surface area contributed by atoms with Crippen molar-refractivity contribution < 1.29 is 14.8 Å². The zero-order valence-electron chi connectivity index (χ0n) is 11.2. The minimum atomic E-state index is -0.888. The van der Waals surface area contributed by atoms with E-state index in [2.05, 4.69) is 0 Å². The van der Waals surface area contributed by atoms with E-state index in [-0.39, 0.29) is 12.2 Å². The molecule has 0 aromatic heterocycles. The van der Waals surface area contributed by atoms with Crippen molar-refractivity contribution in [2.75, 3.05) is 37.6 Å². The van der Waals surface area contributed by atoms with Crippen LogP contribution in [0.15, 0.2) is 18.2 Å². The molecular weight excluding hydrogens is 276 g/mol. The Morgan fingerprint density at radius 2 is 2.05 bits per heavy atom. The van der Waals surface area contributed by atoms with E-state index in [0.717, 1.165) is 0 Å². The lowest BCUT2D eigenvalue weighted by Gasteiger charge is -2.34. The Labute approximate surface area is 121 Å². The highest BCUT2D eigenvalue weighted by atomic mass is 16.6. The van der Waals surface area contributed by atoms with Crippen molar-refractivity contribution in [1.29, 1.82) is 5.26 Å². The summed E-state index contributed by atoms with van der Waals surface area (Å²) in [5.41, 5.74) is 0.735. The van der Waals surface area contributed by atoms with Gasteiger partial charge in [-0.25, -0.2) is 0 Å². The number of hydrogen-bond donors (Lipinski definition) is 1. The molecule has 0 spiro atoms. The molecule has 0 radical (unpaired) electrons. The summed E-state index contributed by atoms with van der Waals surface area (Å²) in [6, 6.07) is 6.22. The highest BCUT2D eigenvalue weighted by Crippen LogP contribution is 2.29. The van der Waals surface area contributed by atoms with Gasteiger partial charge in [-0.05, 0) is 12.1 Å². The number of nitriles is 1. The van der Waals surface area contributed by atoms with Gasteiger partial charge in [0.25, 0.3) is 5.69 Å². The van der Waals surface area contributed by atoms with E-state index < -0.39 is 10.9 Å². The zero-order chi connectivity index (χ0) is 15.4. The first kappa shape index (κ1) is 14.7. The van der Waals surface area contributed by atoms with Crippen LogP contribution in [0.1, 0.15) is 5.56 Å². The van der Waals surface area contributed by atoms with E-state index in [9.17, 15) is 14.9 Å². The van der Waals surface area contributed by atoms with Crippen LogP contribution in [0, 0.1) is 21.4 Å². The molecule has 8 heteroatoms. The Morgan fingerprint density at radius 3 is 2.57 bits per heavy atom. The summed E-state index contributed by atoms with van der Waals surface area (Å²) in [5.74, 6) is -0.888. The predicted octanol–water partition coefficient (Wildman–Crippen LogP) is 0.673. The summed E-state index contributed by atoms with van der Waals surface area (Å²) in [6.45, 7) is 1.97. The van der Waals surface area contributed by atoms with Gasteiger partial charge >= 0.3 is 5.97 Å². The van der Waals surface area contributed by atoms with Crippen LogP contribution < -0.4 is 4.90 Å². The quantitative estimate of drug-likeness (QED) is 0.641. The van der Waals surface area contributed by atoms with Crippen LogP contribution in [0.5, 0.6) is 0 Å². The first-order chi connectivity index (χ1) is 10.0. The molecule has 0 bridgehead atoms. The molecular formula is C13H14N4O4. The summed E-state index contributed by atoms with van der Waals surface area (Å²) in [5, 5.41) is 28.8. The van der Waals surface area contributed by atoms with Gasteiger partial charge in [-0.3, -0.25) is 19.8 Å². The van der Waals surface area contributed by atoms with Gasteiger partial charge in [-0.15, -0.1) is 0 Å². The molecule has 1 N–H and O–H groups in total. The van der Waals surface area contributed by atoms with Crippen LogP contribution in [0.4, 0.5) is 11.4 Å². The molecule has 1 aromatic carbocycles. The molecule has 0 atom stereocenters. The van der Waals surface area contributed by atoms with Crippen LogP contribution in [-0.2, 0) is 4.79 Å². The van der Waals surface area contributed by atoms with Gasteiger partial charge in [0.15, 0.2) is 0 Å². The standard InChI is InChI=1S/C13H14N4O4/c14-8-10-1-2-11(17(20)21)12(7-10)16-5-3-15(4-6-16)9-13(18)19/h1-2,7H,3-6,9H2,(H,18,19). The molecule has 0 aliphatic carbocycles. The second-order valence-corrected chi connectivity index (χ2v) is 4.73. The molecule has 8 nitrogen and oxygen atoms in total. The highest BCUT2D eigenvalue weighted by Gasteiger charge is 2.24. The second-order valence-electron chi connectivity index (χ2n) is 4.73. The maximum Gasteiger partial charge on any atom is 0.317 e. The second kappa shape index (κ2) is 6.19. The van der Waals surface area contributed by atoms with Gasteiger partial charge in [0.1, 0.15) is 5.69 Å². The number of nitro benzene ring substituents is 1. The lowest BCUT2D eigenvalue weighted by molar-refractivity contribution is -0.384. The fraction of sp³-hybridized carbons (Fsp3) is 0.385. The van der Waals surface area contributed by atoms with Crippen LogP contribution in [0.3, 0.4) is 0 Å². The lowest BCUT2D eigenvalue weighted by atomic mass is 10.1. The monoisotopic (exact) mass is 290 g/mol. The van der Waals surface area contributed by atoms with Gasteiger partial charge in [-0.2, -0.15) is 5.26 Å². The Kier molecular flexibility index (Phi) is 4.35. The van der Waals surface area contributed by atoms with E-state index in [1.54, 1.807) is 4.90 Å². The number of carbonyl (C=O) groups is 1. The molecule has 1 saturated heterocycles. The maximum atomic E-state index is 11.1. The number of piperazine rings is 1. The summed E-state index contributed by atoms with van der Waals surface area (Å²) in [6.07, 6.45) is 0. The number of carboxylic acid groups (broad SMARTS) is 1. The van der Waals surface area contributed by atoms with Gasteiger partial charge in [0.2, 0.25) is 0 Å². The first-order valence-electron chi connectivity index (χ1n) is 6.39. The van der Waals surface area contributed by atoms with Gasteiger partial charge in [0, 0.05) is 32.2 Å². The average molecular weight is 290 g/mol. The normalized spacial score (nSPS) is 15.5. The summed E-state index contributed by atoms with van der Waals surface area (Å²) >= 11 is 0. The molecule has 1 fully saturated rings. The van der Waals surface area contributed by atoms with Gasteiger partial charge < -0.3 is 10.0 Å². The molecule has 2 rings (SSSR count). The molecule has 1 aliphatic heterocycles. The minimum Gasteiger partial charge on any atom is -0.480 e. The third-order valence-electron chi connectivity index (χ3n) is 3.37. The number of anilines is 1. The number of rotatable bonds is 4. The van der Waals surface area contributed by atoms with E-state index >= 15 is 0 Å². The van der Waals surface area contributed by atoms with Gasteiger partial charge in [-0.1, -0.05) is 0 Å². The Hall–Kier alpha value is -2.66. The van der Waals surface area contributed by atoms with Crippen LogP contribution in [-0.4, -0.2) is 53.6 Å². The number of nitrogens with zero attached hydrogens (tertiary/aromatic N) is 4. The van der Waals surface area contributed by atoms with Crippen LogP contribution in [0.25, 0.3) is 0 Å². The fourth-order valence-electron chi connectivity index (χ4n) is 2.34. The van der Waals surface area contributed by atoms with Crippen LogP contribution in [0.2, 0.25) is 0 Å². The van der Waals surface area contributed by atoms with Crippen molar-refractivity contribution >= 4 is 17.3 Å². The fourth-order valence-corrected chi connectivity index (χ4v) is 2.34. The SMILES string of the molecule is N#Cc1ccc([N+](=O)[O-])c(N2CCN(CC(=O)O)CC2)c1. The molecule has 1 aromatic rings. The van der Waals surface area contributed by atoms with Crippen molar-refractivity contribution in [1.82, 2.24) is 4.90 Å². The van der Waals surface area contributed by atoms with E-state index in [4.69, 9.17) is 10.4 Å². The average Bonchev–Trinajstić information content (AvgIpc) is 2.46. The number of benzene rings is 1. The van der Waals surface area contributed by atoms with Crippen molar-refractivity contribution in [2.24, 2.45) is 0 Å². The van der Waals surface area contributed by atoms with Crippen molar-refractivity contribution in [3.8, 4) is 6.07 Å². The number of aliphatic carboxylic acids is 1. The van der Waals surface area contributed by atoms with Crippen molar-refractivity contribution in [2.45, 2.75) is 0 Å². The third kappa shape index (κ3) is 3.46. The van der Waals surface area contributed by atoms with Crippen molar-refractivity contribution in [3.05, 3.63) is 33.9 Å². The Bertz CT molecular complexity index is 603. The molecule has 110 valence electrons. The zero-order valence-corrected chi connectivity index (χ0v) is 11.2. The molecule has 1 heterocycles. The number of nitro groups is 1. The molecule has 1 aliphatic rings. The van der Waals surface area contributed by atoms with E-state index in [1.807, 2.05) is 11.0 Å². The first-order valence-corrected chi connectivity index (χ1v) is 6.39. The predicted molar refractivity (Wildman–Crippen MR) is 74.1 cm³/mol. The molecule has 21 heavy (non-hydrogen) atoms. The molecule has 0 saturated carbocycles.